The molecule has 4 nitrogen and oxygen atoms in total. The molecule has 0 aromatic carbocycles. The minimum atomic E-state index is -4.79. The average molecular weight is 362 g/mol. The van der Waals surface area contributed by atoms with Gasteiger partial charge < -0.3 is 10.0 Å². The maximum absolute atomic E-state index is 12.8. The summed E-state index contributed by atoms with van der Waals surface area (Å²) in [5.74, 6) is -2.21. The minimum absolute atomic E-state index is 0.0492. The van der Waals surface area contributed by atoms with Gasteiger partial charge in [0.1, 0.15) is 0 Å². The number of amides is 1. The average Bonchev–Trinajstić information content (AvgIpc) is 2.92. The predicted octanol–water partition coefficient (Wildman–Crippen LogP) is 2.17. The molecule has 140 valence electrons. The summed E-state index contributed by atoms with van der Waals surface area (Å²) in [5.41, 5.74) is 0. The van der Waals surface area contributed by atoms with Crippen molar-refractivity contribution in [3.8, 4) is 0 Å². The predicted molar refractivity (Wildman–Crippen MR) is 72.0 cm³/mol. The number of piperidine rings is 1. The Hall–Kier alpha value is -1.03. The monoisotopic (exact) mass is 362 g/mol. The summed E-state index contributed by atoms with van der Waals surface area (Å²) in [7, 11) is 0. The second kappa shape index (κ2) is 7.07. The molecule has 10 heteroatoms. The Labute approximate surface area is 135 Å². The summed E-state index contributed by atoms with van der Waals surface area (Å²) < 4.78 is 76.3. The topological polar surface area (TPSA) is 43.8 Å². The highest BCUT2D eigenvalue weighted by molar-refractivity contribution is 5.78. The molecule has 0 spiro atoms. The number of halogens is 6. The number of alkyl halides is 6. The Kier molecular flexibility index (Phi) is 5.68. The first-order valence-electron chi connectivity index (χ1n) is 7.83. The lowest BCUT2D eigenvalue weighted by atomic mass is 9.97. The third-order valence-corrected chi connectivity index (χ3v) is 4.69. The molecule has 0 aromatic rings. The molecule has 2 aliphatic heterocycles. The van der Waals surface area contributed by atoms with Gasteiger partial charge in [-0.2, -0.15) is 26.3 Å². The van der Waals surface area contributed by atoms with Crippen LogP contribution in [-0.4, -0.2) is 71.5 Å². The van der Waals surface area contributed by atoms with Gasteiger partial charge >= 0.3 is 12.4 Å². The number of rotatable bonds is 3. The third kappa shape index (κ3) is 4.53. The Morgan fingerprint density at radius 2 is 1.71 bits per heavy atom. The van der Waals surface area contributed by atoms with Crippen LogP contribution in [0.3, 0.4) is 0 Å². The van der Waals surface area contributed by atoms with Gasteiger partial charge in [0, 0.05) is 19.1 Å². The first-order valence-corrected chi connectivity index (χ1v) is 7.83. The highest BCUT2D eigenvalue weighted by Gasteiger charge is 2.48. The molecule has 0 saturated carbocycles. The summed E-state index contributed by atoms with van der Waals surface area (Å²) in [6, 6.07) is -1.22. The quantitative estimate of drug-likeness (QED) is 0.783. The molecule has 0 unspecified atom stereocenters. The zero-order valence-electron chi connectivity index (χ0n) is 12.9. The van der Waals surface area contributed by atoms with Gasteiger partial charge in [-0.25, -0.2) is 0 Å². The van der Waals surface area contributed by atoms with Crippen LogP contribution in [0.25, 0.3) is 0 Å². The SMILES string of the molecule is O=C(CN1CCC[C@@H]1[C@@H](O)C(F)(F)F)N1CCC[C@H](C(F)(F)F)C1. The minimum Gasteiger partial charge on any atom is -0.382 e. The smallest absolute Gasteiger partial charge is 0.382 e. The lowest BCUT2D eigenvalue weighted by Crippen LogP contribution is -2.52. The van der Waals surface area contributed by atoms with Crippen molar-refractivity contribution in [1.82, 2.24) is 9.80 Å². The summed E-state index contributed by atoms with van der Waals surface area (Å²) in [5, 5.41) is 9.39. The van der Waals surface area contributed by atoms with Crippen LogP contribution in [0.2, 0.25) is 0 Å². The van der Waals surface area contributed by atoms with Crippen molar-refractivity contribution >= 4 is 5.91 Å². The first-order chi connectivity index (χ1) is 11.0. The van der Waals surface area contributed by atoms with Crippen molar-refractivity contribution in [2.75, 3.05) is 26.2 Å². The maximum Gasteiger partial charge on any atom is 0.415 e. The number of carbonyl (C=O) groups is 1. The van der Waals surface area contributed by atoms with Crippen molar-refractivity contribution in [2.45, 2.75) is 50.2 Å². The summed E-state index contributed by atoms with van der Waals surface area (Å²) >= 11 is 0. The van der Waals surface area contributed by atoms with Crippen LogP contribution < -0.4 is 0 Å². The maximum atomic E-state index is 12.8. The second-order valence-electron chi connectivity index (χ2n) is 6.39. The Morgan fingerprint density at radius 1 is 1.08 bits per heavy atom. The van der Waals surface area contributed by atoms with Gasteiger partial charge in [0.15, 0.2) is 6.10 Å². The molecule has 1 N–H and O–H groups in total. The fourth-order valence-corrected chi connectivity index (χ4v) is 3.37. The number of carbonyl (C=O) groups excluding carboxylic acids is 1. The molecule has 0 aliphatic carbocycles. The van der Waals surface area contributed by atoms with Gasteiger partial charge in [-0.05, 0) is 32.2 Å². The van der Waals surface area contributed by atoms with Crippen LogP contribution in [0, 0.1) is 5.92 Å². The molecule has 2 rings (SSSR count). The standard InChI is InChI=1S/C14H20F6N2O2/c15-13(16,17)9-3-1-6-22(7-9)11(23)8-21-5-2-4-10(21)12(24)14(18,19)20/h9-10,12,24H,1-8H2/t9-,10+,12+/m0/s1. The van der Waals surface area contributed by atoms with Crippen LogP contribution in [-0.2, 0) is 4.79 Å². The lowest BCUT2D eigenvalue weighted by Gasteiger charge is -2.36. The van der Waals surface area contributed by atoms with E-state index in [1.54, 1.807) is 0 Å². The number of aliphatic hydroxyl groups excluding tert-OH is 1. The molecule has 2 saturated heterocycles. The van der Waals surface area contributed by atoms with E-state index in [0.29, 0.717) is 6.42 Å². The fraction of sp³-hybridized carbons (Fsp3) is 0.929. The van der Waals surface area contributed by atoms with E-state index in [1.807, 2.05) is 0 Å². The summed E-state index contributed by atoms with van der Waals surface area (Å²) in [6.45, 7) is -0.475. The van der Waals surface area contributed by atoms with Crippen molar-refractivity contribution in [3.05, 3.63) is 0 Å². The van der Waals surface area contributed by atoms with Crippen LogP contribution in [0.4, 0.5) is 26.3 Å². The Bertz CT molecular complexity index is 454. The molecular formula is C14H20F6N2O2. The van der Waals surface area contributed by atoms with Crippen LogP contribution in [0.1, 0.15) is 25.7 Å². The lowest BCUT2D eigenvalue weighted by molar-refractivity contribution is -0.219. The van der Waals surface area contributed by atoms with E-state index in [2.05, 4.69) is 0 Å². The van der Waals surface area contributed by atoms with Gasteiger partial charge in [0.2, 0.25) is 5.91 Å². The number of likely N-dealkylation sites (tertiary alicyclic amines) is 2. The van der Waals surface area contributed by atoms with Crippen LogP contribution in [0.5, 0.6) is 0 Å². The molecule has 0 bridgehead atoms. The van der Waals surface area contributed by atoms with E-state index in [4.69, 9.17) is 0 Å². The van der Waals surface area contributed by atoms with Crippen molar-refractivity contribution < 1.29 is 36.2 Å². The number of hydrogen-bond donors (Lipinski definition) is 1. The molecule has 24 heavy (non-hydrogen) atoms. The summed E-state index contributed by atoms with van der Waals surface area (Å²) in [4.78, 5) is 14.5. The first kappa shape index (κ1) is 19.3. The van der Waals surface area contributed by atoms with Crippen LogP contribution in [0.15, 0.2) is 0 Å². The van der Waals surface area contributed by atoms with Gasteiger partial charge in [0.05, 0.1) is 12.5 Å². The highest BCUT2D eigenvalue weighted by Crippen LogP contribution is 2.34. The number of aliphatic hydroxyl groups is 1. The highest BCUT2D eigenvalue weighted by atomic mass is 19.4. The number of hydrogen-bond acceptors (Lipinski definition) is 3. The molecule has 0 aromatic heterocycles. The van der Waals surface area contributed by atoms with E-state index in [1.165, 1.54) is 4.90 Å². The van der Waals surface area contributed by atoms with Gasteiger partial charge in [-0.15, -0.1) is 0 Å². The molecule has 0 radical (unpaired) electrons. The fourth-order valence-electron chi connectivity index (χ4n) is 3.37. The van der Waals surface area contributed by atoms with Gasteiger partial charge in [0.25, 0.3) is 0 Å². The zero-order chi connectivity index (χ0) is 18.1. The van der Waals surface area contributed by atoms with Crippen molar-refractivity contribution in [1.29, 1.82) is 0 Å². The molecule has 2 fully saturated rings. The molecule has 2 heterocycles. The normalized spacial score (nSPS) is 28.2. The van der Waals surface area contributed by atoms with E-state index in [-0.39, 0.29) is 32.4 Å². The largest absolute Gasteiger partial charge is 0.415 e. The van der Waals surface area contributed by atoms with Crippen molar-refractivity contribution in [2.24, 2.45) is 5.92 Å². The van der Waals surface area contributed by atoms with Crippen molar-refractivity contribution in [3.63, 3.8) is 0 Å². The molecule has 2 aliphatic rings. The van der Waals surface area contributed by atoms with Crippen LogP contribution >= 0.6 is 0 Å². The zero-order valence-corrected chi connectivity index (χ0v) is 12.9. The molecule has 3 atom stereocenters. The Morgan fingerprint density at radius 3 is 2.29 bits per heavy atom. The van der Waals surface area contributed by atoms with Gasteiger partial charge in [-0.1, -0.05) is 0 Å². The van der Waals surface area contributed by atoms with Gasteiger partial charge in [-0.3, -0.25) is 9.69 Å². The van der Waals surface area contributed by atoms with E-state index < -0.39 is 49.4 Å². The van der Waals surface area contributed by atoms with E-state index in [0.717, 1.165) is 4.90 Å². The molecular weight excluding hydrogens is 342 g/mol. The van der Waals surface area contributed by atoms with E-state index >= 15 is 0 Å². The van der Waals surface area contributed by atoms with E-state index in [9.17, 15) is 36.2 Å². The molecule has 1 amide bonds. The second-order valence-corrected chi connectivity index (χ2v) is 6.39. The third-order valence-electron chi connectivity index (χ3n) is 4.69. The Balaban J connectivity index is 1.96. The summed E-state index contributed by atoms with van der Waals surface area (Å²) in [6.07, 6.45) is -11.1. The number of nitrogens with zero attached hydrogens (tertiary/aromatic N) is 2.